The third kappa shape index (κ3) is 3.10. The fourth-order valence-corrected chi connectivity index (χ4v) is 3.23. The van der Waals surface area contributed by atoms with Gasteiger partial charge in [0.25, 0.3) is 0 Å². The molecule has 0 aromatic heterocycles. The Hall–Kier alpha value is -0.780. The average molecular weight is 344 g/mol. The summed E-state index contributed by atoms with van der Waals surface area (Å²) in [6.07, 6.45) is 2.63. The Bertz CT molecular complexity index is 467. The van der Waals surface area contributed by atoms with E-state index in [1.54, 1.807) is 14.2 Å². The first-order chi connectivity index (χ1) is 9.60. The van der Waals surface area contributed by atoms with Gasteiger partial charge < -0.3 is 19.5 Å². The summed E-state index contributed by atoms with van der Waals surface area (Å²) < 4.78 is 17.8. The van der Waals surface area contributed by atoms with Crippen molar-refractivity contribution in [2.75, 3.05) is 21.3 Å². The van der Waals surface area contributed by atoms with Crippen molar-refractivity contribution in [3.8, 4) is 11.5 Å². The summed E-state index contributed by atoms with van der Waals surface area (Å²) >= 11 is 3.49. The first-order valence-electron chi connectivity index (χ1n) is 6.84. The Labute approximate surface area is 128 Å². The summed E-state index contributed by atoms with van der Waals surface area (Å²) in [6, 6.07) is 4.05. The largest absolute Gasteiger partial charge is 0.496 e. The highest BCUT2D eigenvalue weighted by atomic mass is 79.9. The van der Waals surface area contributed by atoms with E-state index in [4.69, 9.17) is 14.2 Å². The number of rotatable bonds is 5. The van der Waals surface area contributed by atoms with Gasteiger partial charge in [-0.15, -0.1) is 0 Å². The van der Waals surface area contributed by atoms with E-state index >= 15 is 0 Å². The van der Waals surface area contributed by atoms with Gasteiger partial charge in [-0.05, 0) is 54.9 Å². The summed E-state index contributed by atoms with van der Waals surface area (Å²) in [4.78, 5) is 0. The van der Waals surface area contributed by atoms with Gasteiger partial charge in [0.2, 0.25) is 0 Å². The van der Waals surface area contributed by atoms with E-state index in [0.717, 1.165) is 34.4 Å². The zero-order chi connectivity index (χ0) is 14.7. The molecule has 20 heavy (non-hydrogen) atoms. The molecule has 5 heteroatoms. The van der Waals surface area contributed by atoms with Gasteiger partial charge in [-0.1, -0.05) is 0 Å². The highest BCUT2D eigenvalue weighted by Gasteiger charge is 2.32. The molecule has 1 heterocycles. The van der Waals surface area contributed by atoms with Crippen LogP contribution in [0.5, 0.6) is 11.5 Å². The Morgan fingerprint density at radius 3 is 2.45 bits per heavy atom. The number of likely N-dealkylation sites (N-methyl/N-ethyl adjacent to an activating group) is 1. The minimum absolute atomic E-state index is 0.0944. The number of ether oxygens (including phenoxy) is 3. The smallest absolute Gasteiger partial charge is 0.133 e. The molecule has 2 rings (SSSR count). The Morgan fingerprint density at radius 1 is 1.25 bits per heavy atom. The van der Waals surface area contributed by atoms with Gasteiger partial charge in [-0.25, -0.2) is 0 Å². The quantitative estimate of drug-likeness (QED) is 0.890. The lowest BCUT2D eigenvalue weighted by Gasteiger charge is -2.26. The molecule has 3 unspecified atom stereocenters. The third-order valence-corrected chi connectivity index (χ3v) is 4.41. The van der Waals surface area contributed by atoms with Crippen LogP contribution in [-0.2, 0) is 4.74 Å². The molecule has 1 aromatic carbocycles. The molecule has 4 nitrogen and oxygen atoms in total. The summed E-state index contributed by atoms with van der Waals surface area (Å²) in [5.74, 6) is 1.63. The molecule has 3 atom stereocenters. The van der Waals surface area contributed by atoms with Crippen molar-refractivity contribution in [3.63, 3.8) is 0 Å². The molecule has 0 amide bonds. The van der Waals surface area contributed by atoms with Crippen molar-refractivity contribution in [1.29, 1.82) is 0 Å². The lowest BCUT2D eigenvalue weighted by molar-refractivity contribution is 0.0327. The average Bonchev–Trinajstić information content (AvgIpc) is 2.87. The molecule has 0 bridgehead atoms. The van der Waals surface area contributed by atoms with Crippen molar-refractivity contribution in [1.82, 2.24) is 5.32 Å². The highest BCUT2D eigenvalue weighted by molar-refractivity contribution is 9.10. The van der Waals surface area contributed by atoms with Crippen LogP contribution in [0.15, 0.2) is 16.6 Å². The van der Waals surface area contributed by atoms with Crippen LogP contribution < -0.4 is 14.8 Å². The number of hydrogen-bond donors (Lipinski definition) is 1. The summed E-state index contributed by atoms with van der Waals surface area (Å²) in [5.41, 5.74) is 1.06. The lowest BCUT2D eigenvalue weighted by atomic mass is 9.98. The maximum absolute atomic E-state index is 6.00. The maximum Gasteiger partial charge on any atom is 0.133 e. The van der Waals surface area contributed by atoms with Crippen molar-refractivity contribution < 1.29 is 14.2 Å². The molecule has 112 valence electrons. The molecule has 1 saturated heterocycles. The van der Waals surface area contributed by atoms with Crippen LogP contribution >= 0.6 is 15.9 Å². The van der Waals surface area contributed by atoms with Gasteiger partial charge in [0.1, 0.15) is 11.5 Å². The fraction of sp³-hybridized carbons (Fsp3) is 0.600. The second-order valence-electron chi connectivity index (χ2n) is 5.06. The number of hydrogen-bond acceptors (Lipinski definition) is 4. The predicted molar refractivity (Wildman–Crippen MR) is 82.6 cm³/mol. The molecule has 1 fully saturated rings. The maximum atomic E-state index is 6.00. The summed E-state index contributed by atoms with van der Waals surface area (Å²) in [5, 5.41) is 3.35. The van der Waals surface area contributed by atoms with Crippen molar-refractivity contribution in [2.45, 2.75) is 38.0 Å². The second-order valence-corrected chi connectivity index (χ2v) is 5.91. The first-order valence-corrected chi connectivity index (χ1v) is 7.64. The molecular formula is C15H22BrNO3. The van der Waals surface area contributed by atoms with E-state index < -0.39 is 0 Å². The van der Waals surface area contributed by atoms with Crippen molar-refractivity contribution >= 4 is 15.9 Å². The van der Waals surface area contributed by atoms with Gasteiger partial charge in [0.05, 0.1) is 36.9 Å². The standard InChI is InChI=1S/C15H22BrNO3/c1-9-5-6-12(20-9)15(17-2)10-7-14(19-4)11(16)8-13(10)18-3/h7-9,12,15,17H,5-6H2,1-4H3. The van der Waals surface area contributed by atoms with Crippen LogP contribution in [0, 0.1) is 0 Å². The normalized spacial score (nSPS) is 23.6. The topological polar surface area (TPSA) is 39.7 Å². The van der Waals surface area contributed by atoms with E-state index in [9.17, 15) is 0 Å². The number of halogens is 1. The molecule has 1 aliphatic rings. The first kappa shape index (κ1) is 15.6. The molecular weight excluding hydrogens is 322 g/mol. The van der Waals surface area contributed by atoms with Crippen LogP contribution in [0.2, 0.25) is 0 Å². The van der Waals surface area contributed by atoms with Gasteiger partial charge in [0, 0.05) is 5.56 Å². The minimum Gasteiger partial charge on any atom is -0.496 e. The molecule has 0 radical (unpaired) electrons. The number of nitrogens with one attached hydrogen (secondary N) is 1. The molecule has 1 N–H and O–H groups in total. The molecule has 1 aliphatic heterocycles. The number of benzene rings is 1. The van der Waals surface area contributed by atoms with Crippen LogP contribution in [0.1, 0.15) is 31.4 Å². The highest BCUT2D eigenvalue weighted by Crippen LogP contribution is 2.39. The molecule has 0 spiro atoms. The third-order valence-electron chi connectivity index (χ3n) is 3.79. The monoisotopic (exact) mass is 343 g/mol. The number of methoxy groups -OCH3 is 2. The predicted octanol–water partition coefficient (Wildman–Crippen LogP) is 3.29. The van der Waals surface area contributed by atoms with Gasteiger partial charge in [-0.2, -0.15) is 0 Å². The summed E-state index contributed by atoms with van der Waals surface area (Å²) in [7, 11) is 5.30. The second kappa shape index (κ2) is 6.78. The Kier molecular flexibility index (Phi) is 5.29. The zero-order valence-electron chi connectivity index (χ0n) is 12.4. The summed E-state index contributed by atoms with van der Waals surface area (Å²) in [6.45, 7) is 2.12. The van der Waals surface area contributed by atoms with E-state index in [1.807, 2.05) is 19.2 Å². The van der Waals surface area contributed by atoms with Gasteiger partial charge >= 0.3 is 0 Å². The van der Waals surface area contributed by atoms with Crippen molar-refractivity contribution in [3.05, 3.63) is 22.2 Å². The molecule has 0 saturated carbocycles. The SMILES string of the molecule is CNC(c1cc(OC)c(Br)cc1OC)C1CCC(C)O1. The van der Waals surface area contributed by atoms with E-state index in [0.29, 0.717) is 6.10 Å². The molecule has 1 aromatic rings. The van der Waals surface area contributed by atoms with Crippen LogP contribution in [0.3, 0.4) is 0 Å². The van der Waals surface area contributed by atoms with Crippen molar-refractivity contribution in [2.24, 2.45) is 0 Å². The van der Waals surface area contributed by atoms with E-state index in [1.165, 1.54) is 0 Å². The van der Waals surface area contributed by atoms with E-state index in [2.05, 4.69) is 28.2 Å². The minimum atomic E-state index is 0.0944. The van der Waals surface area contributed by atoms with Crippen LogP contribution in [-0.4, -0.2) is 33.5 Å². The Balaban J connectivity index is 2.37. The molecule has 0 aliphatic carbocycles. The Morgan fingerprint density at radius 2 is 1.95 bits per heavy atom. The zero-order valence-corrected chi connectivity index (χ0v) is 14.0. The lowest BCUT2D eigenvalue weighted by Crippen LogP contribution is -2.30. The fourth-order valence-electron chi connectivity index (χ4n) is 2.75. The van der Waals surface area contributed by atoms with Gasteiger partial charge in [0.15, 0.2) is 0 Å². The van der Waals surface area contributed by atoms with Gasteiger partial charge in [-0.3, -0.25) is 0 Å². The van der Waals surface area contributed by atoms with Crippen LogP contribution in [0.4, 0.5) is 0 Å². The van der Waals surface area contributed by atoms with Crippen LogP contribution in [0.25, 0.3) is 0 Å². The van der Waals surface area contributed by atoms with E-state index in [-0.39, 0.29) is 12.1 Å².